The van der Waals surface area contributed by atoms with E-state index in [0.717, 1.165) is 31.1 Å². The van der Waals surface area contributed by atoms with Crippen molar-refractivity contribution in [3.8, 4) is 5.75 Å². The first-order valence-corrected chi connectivity index (χ1v) is 9.85. The summed E-state index contributed by atoms with van der Waals surface area (Å²) in [4.78, 5) is 17.4. The number of aliphatic imine (C=N–C) groups is 1. The second kappa shape index (κ2) is 13.0. The number of nitrogens with zero attached hydrogens (tertiary/aromatic N) is 2. The molecule has 0 aliphatic rings. The van der Waals surface area contributed by atoms with Crippen LogP contribution >= 0.6 is 0 Å². The molecular weight excluding hydrogens is 356 g/mol. The molecule has 7 nitrogen and oxygen atoms in total. The molecule has 0 radical (unpaired) electrons. The third-order valence-corrected chi connectivity index (χ3v) is 4.29. The van der Waals surface area contributed by atoms with E-state index in [0.29, 0.717) is 18.2 Å². The van der Waals surface area contributed by atoms with Gasteiger partial charge in [0.15, 0.2) is 12.6 Å². The zero-order valence-electron chi connectivity index (χ0n) is 18.1. The van der Waals surface area contributed by atoms with E-state index < -0.39 is 0 Å². The highest BCUT2D eigenvalue weighted by molar-refractivity contribution is 5.79. The van der Waals surface area contributed by atoms with Crippen LogP contribution in [0.5, 0.6) is 5.75 Å². The minimum absolute atomic E-state index is 0.0317. The fourth-order valence-corrected chi connectivity index (χ4v) is 2.58. The molecule has 1 aromatic carbocycles. The minimum Gasteiger partial charge on any atom is -0.484 e. The summed E-state index contributed by atoms with van der Waals surface area (Å²) < 4.78 is 11.3. The standard InChI is InChI=1S/C21H36N4O3/c1-7-27-19(16(2)3)11-12-23-21(22-4)24-14-17-9-8-10-18(13-17)28-15-20(26)25(5)6/h8-10,13,16,19H,7,11-12,14-15H2,1-6H3,(H2,22,23,24). The summed E-state index contributed by atoms with van der Waals surface area (Å²) in [5.41, 5.74) is 1.05. The van der Waals surface area contributed by atoms with Crippen LogP contribution in [-0.2, 0) is 16.1 Å². The van der Waals surface area contributed by atoms with Gasteiger partial charge in [-0.1, -0.05) is 26.0 Å². The second-order valence-electron chi connectivity index (χ2n) is 7.10. The lowest BCUT2D eigenvalue weighted by Gasteiger charge is -2.21. The summed E-state index contributed by atoms with van der Waals surface area (Å²) in [5.74, 6) is 1.83. The van der Waals surface area contributed by atoms with Crippen molar-refractivity contribution in [2.75, 3.05) is 40.9 Å². The zero-order chi connectivity index (χ0) is 20.9. The lowest BCUT2D eigenvalue weighted by atomic mass is 10.0. The third kappa shape index (κ3) is 9.08. The second-order valence-corrected chi connectivity index (χ2v) is 7.10. The van der Waals surface area contributed by atoms with Gasteiger partial charge in [0.25, 0.3) is 5.91 Å². The van der Waals surface area contributed by atoms with E-state index >= 15 is 0 Å². The minimum atomic E-state index is -0.0696. The first-order chi connectivity index (χ1) is 13.4. The Balaban J connectivity index is 2.46. The first-order valence-electron chi connectivity index (χ1n) is 9.85. The molecule has 0 aromatic heterocycles. The van der Waals surface area contributed by atoms with Crippen molar-refractivity contribution in [2.24, 2.45) is 10.9 Å². The quantitative estimate of drug-likeness (QED) is 0.446. The van der Waals surface area contributed by atoms with Crippen molar-refractivity contribution < 1.29 is 14.3 Å². The number of guanidine groups is 1. The molecule has 1 amide bonds. The Morgan fingerprint density at radius 1 is 1.25 bits per heavy atom. The Kier molecular flexibility index (Phi) is 11.0. The van der Waals surface area contributed by atoms with Crippen LogP contribution in [0.4, 0.5) is 0 Å². The van der Waals surface area contributed by atoms with E-state index in [4.69, 9.17) is 9.47 Å². The molecule has 1 aromatic rings. The largest absolute Gasteiger partial charge is 0.484 e. The maximum Gasteiger partial charge on any atom is 0.259 e. The third-order valence-electron chi connectivity index (χ3n) is 4.29. The SMILES string of the molecule is CCOC(CCNC(=NC)NCc1cccc(OCC(=O)N(C)C)c1)C(C)C. The normalized spacial score (nSPS) is 12.6. The number of carbonyl (C=O) groups is 1. The monoisotopic (exact) mass is 392 g/mol. The Morgan fingerprint density at radius 3 is 2.61 bits per heavy atom. The molecule has 28 heavy (non-hydrogen) atoms. The van der Waals surface area contributed by atoms with Gasteiger partial charge in [0.1, 0.15) is 5.75 Å². The number of rotatable bonds is 11. The van der Waals surface area contributed by atoms with Crippen LogP contribution in [0, 0.1) is 5.92 Å². The van der Waals surface area contributed by atoms with Gasteiger partial charge in [-0.2, -0.15) is 0 Å². The van der Waals surface area contributed by atoms with E-state index in [1.54, 1.807) is 21.1 Å². The number of benzene rings is 1. The summed E-state index contributed by atoms with van der Waals surface area (Å²) in [6.07, 6.45) is 1.17. The number of nitrogens with one attached hydrogen (secondary N) is 2. The van der Waals surface area contributed by atoms with Crippen LogP contribution in [-0.4, -0.2) is 63.8 Å². The summed E-state index contributed by atoms with van der Waals surface area (Å²) >= 11 is 0. The highest BCUT2D eigenvalue weighted by Gasteiger charge is 2.13. The number of hydrogen-bond donors (Lipinski definition) is 2. The number of hydrogen-bond acceptors (Lipinski definition) is 4. The van der Waals surface area contributed by atoms with Gasteiger partial charge in [-0.3, -0.25) is 9.79 Å². The summed E-state index contributed by atoms with van der Waals surface area (Å²) in [7, 11) is 5.18. The van der Waals surface area contributed by atoms with Crippen LogP contribution in [0.25, 0.3) is 0 Å². The lowest BCUT2D eigenvalue weighted by Crippen LogP contribution is -2.38. The lowest BCUT2D eigenvalue weighted by molar-refractivity contribution is -0.130. The average Bonchev–Trinajstić information content (AvgIpc) is 2.67. The van der Waals surface area contributed by atoms with Crippen molar-refractivity contribution >= 4 is 11.9 Å². The smallest absolute Gasteiger partial charge is 0.259 e. The van der Waals surface area contributed by atoms with Crippen LogP contribution < -0.4 is 15.4 Å². The fourth-order valence-electron chi connectivity index (χ4n) is 2.58. The molecule has 0 fully saturated rings. The molecule has 1 unspecified atom stereocenters. The first kappa shape index (κ1) is 23.8. The topological polar surface area (TPSA) is 75.2 Å². The van der Waals surface area contributed by atoms with Crippen molar-refractivity contribution in [3.63, 3.8) is 0 Å². The number of likely N-dealkylation sites (N-methyl/N-ethyl adjacent to an activating group) is 1. The number of ether oxygens (including phenoxy) is 2. The molecule has 7 heteroatoms. The van der Waals surface area contributed by atoms with Crippen molar-refractivity contribution in [2.45, 2.75) is 39.8 Å². The van der Waals surface area contributed by atoms with Crippen molar-refractivity contribution in [1.82, 2.24) is 15.5 Å². The molecule has 0 bridgehead atoms. The zero-order valence-corrected chi connectivity index (χ0v) is 18.1. The van der Waals surface area contributed by atoms with Gasteiger partial charge in [0, 0.05) is 40.8 Å². The van der Waals surface area contributed by atoms with Gasteiger partial charge < -0.3 is 25.0 Å². The van der Waals surface area contributed by atoms with Crippen LogP contribution in [0.2, 0.25) is 0 Å². The summed E-state index contributed by atoms with van der Waals surface area (Å²) in [6, 6.07) is 7.69. The maximum atomic E-state index is 11.6. The van der Waals surface area contributed by atoms with Gasteiger partial charge >= 0.3 is 0 Å². The predicted molar refractivity (Wildman–Crippen MR) is 114 cm³/mol. The molecule has 0 spiro atoms. The van der Waals surface area contributed by atoms with Crippen molar-refractivity contribution in [1.29, 1.82) is 0 Å². The van der Waals surface area contributed by atoms with Gasteiger partial charge in [0.05, 0.1) is 6.10 Å². The van der Waals surface area contributed by atoms with Gasteiger partial charge in [0.2, 0.25) is 0 Å². The molecule has 0 saturated heterocycles. The van der Waals surface area contributed by atoms with Crippen molar-refractivity contribution in [3.05, 3.63) is 29.8 Å². The molecule has 0 heterocycles. The highest BCUT2D eigenvalue weighted by Crippen LogP contribution is 2.13. The molecule has 1 rings (SSSR count). The summed E-state index contributed by atoms with van der Waals surface area (Å²) in [6.45, 7) is 8.54. The Morgan fingerprint density at radius 2 is 2.00 bits per heavy atom. The molecule has 2 N–H and O–H groups in total. The Bertz CT molecular complexity index is 617. The van der Waals surface area contributed by atoms with E-state index in [2.05, 4.69) is 29.5 Å². The van der Waals surface area contributed by atoms with E-state index in [1.807, 2.05) is 31.2 Å². The Hall–Kier alpha value is -2.28. The molecule has 0 aliphatic heterocycles. The highest BCUT2D eigenvalue weighted by atomic mass is 16.5. The molecule has 1 atom stereocenters. The van der Waals surface area contributed by atoms with Crippen LogP contribution in [0.1, 0.15) is 32.8 Å². The number of carbonyl (C=O) groups excluding carboxylic acids is 1. The van der Waals surface area contributed by atoms with E-state index in [-0.39, 0.29) is 18.6 Å². The molecule has 0 aliphatic carbocycles. The van der Waals surface area contributed by atoms with E-state index in [9.17, 15) is 4.79 Å². The number of amides is 1. The van der Waals surface area contributed by atoms with Crippen LogP contribution in [0.3, 0.4) is 0 Å². The van der Waals surface area contributed by atoms with Gasteiger partial charge in [-0.15, -0.1) is 0 Å². The van der Waals surface area contributed by atoms with E-state index in [1.165, 1.54) is 4.90 Å². The molecule has 158 valence electrons. The van der Waals surface area contributed by atoms with Crippen LogP contribution in [0.15, 0.2) is 29.3 Å². The summed E-state index contributed by atoms with van der Waals surface area (Å²) in [5, 5.41) is 6.63. The van der Waals surface area contributed by atoms with Gasteiger partial charge in [-0.05, 0) is 37.0 Å². The Labute approximate surface area is 169 Å². The van der Waals surface area contributed by atoms with Gasteiger partial charge in [-0.25, -0.2) is 0 Å². The molecule has 0 saturated carbocycles. The molecular formula is C21H36N4O3. The fraction of sp³-hybridized carbons (Fsp3) is 0.619. The predicted octanol–water partition coefficient (Wildman–Crippen LogP) is 2.27. The average molecular weight is 393 g/mol. The maximum absolute atomic E-state index is 11.6.